The molecular formula is C19H20N2O4S. The molecule has 7 heteroatoms. The average molecular weight is 372 g/mol. The van der Waals surface area contributed by atoms with Gasteiger partial charge in [-0.2, -0.15) is 0 Å². The van der Waals surface area contributed by atoms with Crippen LogP contribution in [-0.2, 0) is 14.6 Å². The van der Waals surface area contributed by atoms with Crippen LogP contribution >= 0.6 is 0 Å². The molecule has 1 fully saturated rings. The number of carbonyl (C=O) groups excluding carboxylic acids is 2. The zero-order valence-electron chi connectivity index (χ0n) is 14.6. The summed E-state index contributed by atoms with van der Waals surface area (Å²) < 4.78 is 23.4. The minimum absolute atomic E-state index is 0.0148. The molecule has 1 atom stereocenters. The van der Waals surface area contributed by atoms with Crippen molar-refractivity contribution < 1.29 is 18.0 Å². The van der Waals surface area contributed by atoms with Crippen molar-refractivity contribution in [2.45, 2.75) is 30.7 Å². The highest BCUT2D eigenvalue weighted by atomic mass is 32.2. The van der Waals surface area contributed by atoms with E-state index in [0.717, 1.165) is 18.2 Å². The molecule has 1 unspecified atom stereocenters. The zero-order valence-corrected chi connectivity index (χ0v) is 15.4. The normalized spacial score (nSPS) is 17.0. The van der Waals surface area contributed by atoms with Gasteiger partial charge < -0.3 is 10.6 Å². The van der Waals surface area contributed by atoms with E-state index in [9.17, 15) is 18.0 Å². The number of benzene rings is 2. The van der Waals surface area contributed by atoms with Gasteiger partial charge in [0, 0.05) is 23.9 Å². The maximum absolute atomic E-state index is 12.5. The summed E-state index contributed by atoms with van der Waals surface area (Å²) in [5.74, 6) is -0.316. The van der Waals surface area contributed by atoms with Crippen molar-refractivity contribution in [1.82, 2.24) is 5.32 Å². The third kappa shape index (κ3) is 3.94. The number of amides is 2. The van der Waals surface area contributed by atoms with Gasteiger partial charge in [0.05, 0.1) is 10.9 Å². The number of carbonyl (C=O) groups is 2. The first-order chi connectivity index (χ1) is 12.2. The summed E-state index contributed by atoms with van der Waals surface area (Å²) in [6.45, 7) is 1.76. The van der Waals surface area contributed by atoms with E-state index in [-0.39, 0.29) is 22.8 Å². The van der Waals surface area contributed by atoms with Crippen LogP contribution in [0.4, 0.5) is 5.69 Å². The van der Waals surface area contributed by atoms with Crippen LogP contribution in [0.2, 0.25) is 0 Å². The lowest BCUT2D eigenvalue weighted by Crippen LogP contribution is -2.18. The van der Waals surface area contributed by atoms with Crippen LogP contribution in [0.15, 0.2) is 47.4 Å². The van der Waals surface area contributed by atoms with Gasteiger partial charge in [0.25, 0.3) is 5.91 Å². The van der Waals surface area contributed by atoms with E-state index in [1.165, 1.54) is 12.1 Å². The minimum atomic E-state index is -3.38. The first-order valence-corrected chi connectivity index (χ1v) is 10.1. The summed E-state index contributed by atoms with van der Waals surface area (Å²) in [5.41, 5.74) is 2.61. The van der Waals surface area contributed by atoms with Crippen molar-refractivity contribution in [2.75, 3.05) is 11.6 Å². The molecule has 0 aliphatic carbocycles. The molecule has 0 radical (unpaired) electrons. The SMILES string of the molecule is Cc1ccc(S(C)(=O)=O)cc1C(=O)Nc1ccc(C2CCC(=O)N2)cc1. The molecule has 1 saturated heterocycles. The van der Waals surface area contributed by atoms with E-state index in [2.05, 4.69) is 10.6 Å². The third-order valence-corrected chi connectivity index (χ3v) is 5.56. The van der Waals surface area contributed by atoms with Crippen molar-refractivity contribution in [3.05, 3.63) is 59.2 Å². The van der Waals surface area contributed by atoms with Crippen LogP contribution in [0.1, 0.15) is 40.4 Å². The van der Waals surface area contributed by atoms with E-state index in [1.807, 2.05) is 12.1 Å². The van der Waals surface area contributed by atoms with Crippen LogP contribution in [-0.4, -0.2) is 26.5 Å². The summed E-state index contributed by atoms with van der Waals surface area (Å²) in [4.78, 5) is 24.0. The van der Waals surface area contributed by atoms with Crippen molar-refractivity contribution >= 4 is 27.3 Å². The lowest BCUT2D eigenvalue weighted by atomic mass is 10.0. The average Bonchev–Trinajstić information content (AvgIpc) is 3.01. The van der Waals surface area contributed by atoms with Crippen molar-refractivity contribution in [2.24, 2.45) is 0 Å². The highest BCUT2D eigenvalue weighted by molar-refractivity contribution is 7.90. The van der Waals surface area contributed by atoms with E-state index < -0.39 is 9.84 Å². The second kappa shape index (κ2) is 6.92. The Hall–Kier alpha value is -2.67. The minimum Gasteiger partial charge on any atom is -0.349 e. The number of hydrogen-bond acceptors (Lipinski definition) is 4. The molecule has 2 aromatic carbocycles. The molecule has 3 rings (SSSR count). The molecule has 2 aromatic rings. The fourth-order valence-electron chi connectivity index (χ4n) is 2.94. The predicted octanol–water partition coefficient (Wildman–Crippen LogP) is 2.60. The molecule has 2 amide bonds. The van der Waals surface area contributed by atoms with Crippen molar-refractivity contribution in [1.29, 1.82) is 0 Å². The predicted molar refractivity (Wildman–Crippen MR) is 98.8 cm³/mol. The van der Waals surface area contributed by atoms with Crippen LogP contribution in [0.25, 0.3) is 0 Å². The van der Waals surface area contributed by atoms with E-state index in [0.29, 0.717) is 23.2 Å². The number of sulfone groups is 1. The molecule has 6 nitrogen and oxygen atoms in total. The summed E-state index contributed by atoms with van der Waals surface area (Å²) in [7, 11) is -3.38. The number of anilines is 1. The van der Waals surface area contributed by atoms with Crippen LogP contribution in [0.3, 0.4) is 0 Å². The maximum Gasteiger partial charge on any atom is 0.255 e. The summed E-state index contributed by atoms with van der Waals surface area (Å²) in [6, 6.07) is 11.8. The van der Waals surface area contributed by atoms with Gasteiger partial charge in [0.15, 0.2) is 9.84 Å². The molecule has 0 spiro atoms. The second-order valence-electron chi connectivity index (χ2n) is 6.48. The first kappa shape index (κ1) is 18.1. The van der Waals surface area contributed by atoms with Crippen LogP contribution in [0, 0.1) is 6.92 Å². The number of rotatable bonds is 4. The van der Waals surface area contributed by atoms with E-state index in [4.69, 9.17) is 0 Å². The smallest absolute Gasteiger partial charge is 0.255 e. The fourth-order valence-corrected chi connectivity index (χ4v) is 3.58. The topological polar surface area (TPSA) is 92.3 Å². The molecular weight excluding hydrogens is 352 g/mol. The van der Waals surface area contributed by atoms with E-state index >= 15 is 0 Å². The molecule has 26 heavy (non-hydrogen) atoms. The Kier molecular flexibility index (Phi) is 4.82. The number of aryl methyl sites for hydroxylation is 1. The standard InChI is InChI=1S/C19H20N2O4S/c1-12-3-8-15(26(2,24)25)11-16(12)19(23)20-14-6-4-13(5-7-14)17-9-10-18(22)21-17/h3-8,11,17H,9-10H2,1-2H3,(H,20,23)(H,21,22). The summed E-state index contributed by atoms with van der Waals surface area (Å²) >= 11 is 0. The lowest BCUT2D eigenvalue weighted by Gasteiger charge is -2.12. The Balaban J connectivity index is 1.77. The fraction of sp³-hybridized carbons (Fsp3) is 0.263. The van der Waals surface area contributed by atoms with Crippen molar-refractivity contribution in [3.8, 4) is 0 Å². The molecule has 1 aliphatic heterocycles. The van der Waals surface area contributed by atoms with Crippen LogP contribution < -0.4 is 10.6 Å². The van der Waals surface area contributed by atoms with Gasteiger partial charge in [-0.05, 0) is 48.7 Å². The second-order valence-corrected chi connectivity index (χ2v) is 8.50. The Morgan fingerprint density at radius 2 is 1.85 bits per heavy atom. The van der Waals surface area contributed by atoms with Crippen molar-refractivity contribution in [3.63, 3.8) is 0 Å². The monoisotopic (exact) mass is 372 g/mol. The quantitative estimate of drug-likeness (QED) is 0.863. The Labute approximate surface area is 152 Å². The molecule has 0 saturated carbocycles. The number of nitrogens with one attached hydrogen (secondary N) is 2. The zero-order chi connectivity index (χ0) is 18.9. The Bertz CT molecular complexity index is 966. The van der Waals surface area contributed by atoms with Gasteiger partial charge in [-0.15, -0.1) is 0 Å². The number of hydrogen-bond donors (Lipinski definition) is 2. The maximum atomic E-state index is 12.5. The van der Waals surface area contributed by atoms with Gasteiger partial charge in [0.1, 0.15) is 0 Å². The molecule has 2 N–H and O–H groups in total. The van der Waals surface area contributed by atoms with Gasteiger partial charge in [0.2, 0.25) is 5.91 Å². The van der Waals surface area contributed by atoms with Gasteiger partial charge in [-0.25, -0.2) is 8.42 Å². The van der Waals surface area contributed by atoms with Gasteiger partial charge in [-0.3, -0.25) is 9.59 Å². The molecule has 0 bridgehead atoms. The molecule has 1 aliphatic rings. The Morgan fingerprint density at radius 3 is 2.42 bits per heavy atom. The lowest BCUT2D eigenvalue weighted by molar-refractivity contribution is -0.119. The summed E-state index contributed by atoms with van der Waals surface area (Å²) in [6.07, 6.45) is 2.40. The van der Waals surface area contributed by atoms with Gasteiger partial charge in [-0.1, -0.05) is 18.2 Å². The molecule has 1 heterocycles. The van der Waals surface area contributed by atoms with Gasteiger partial charge >= 0.3 is 0 Å². The first-order valence-electron chi connectivity index (χ1n) is 8.25. The molecule has 0 aromatic heterocycles. The highest BCUT2D eigenvalue weighted by Crippen LogP contribution is 2.25. The van der Waals surface area contributed by atoms with Crippen LogP contribution in [0.5, 0.6) is 0 Å². The molecule has 136 valence electrons. The Morgan fingerprint density at radius 1 is 1.15 bits per heavy atom. The largest absolute Gasteiger partial charge is 0.349 e. The van der Waals surface area contributed by atoms with E-state index in [1.54, 1.807) is 25.1 Å². The highest BCUT2D eigenvalue weighted by Gasteiger charge is 2.22. The summed E-state index contributed by atoms with van der Waals surface area (Å²) in [5, 5.41) is 5.68. The third-order valence-electron chi connectivity index (χ3n) is 4.45.